The van der Waals surface area contributed by atoms with E-state index in [1.165, 1.54) is 12.8 Å². The molecule has 2 aromatic heterocycles. The van der Waals surface area contributed by atoms with Crippen molar-refractivity contribution >= 4 is 27.1 Å². The zero-order chi connectivity index (χ0) is 8.84. The average Bonchev–Trinajstić information content (AvgIpc) is 2.87. The maximum atomic E-state index is 4.36. The van der Waals surface area contributed by atoms with Gasteiger partial charge in [-0.3, -0.25) is 0 Å². The number of fused-ring (bicyclic) bond motifs is 1. The van der Waals surface area contributed by atoms with Gasteiger partial charge in [-0.15, -0.1) is 0 Å². The molecule has 2 aromatic rings. The summed E-state index contributed by atoms with van der Waals surface area (Å²) in [6.45, 7) is 0. The second kappa shape index (κ2) is 2.54. The summed E-state index contributed by atoms with van der Waals surface area (Å²) in [6.07, 6.45) is 6.25. The molecule has 0 atom stereocenters. The highest BCUT2D eigenvalue weighted by Crippen LogP contribution is 2.36. The minimum absolute atomic E-state index is 0.652. The summed E-state index contributed by atoms with van der Waals surface area (Å²) in [5.74, 6) is 0. The van der Waals surface area contributed by atoms with Gasteiger partial charge in [0.1, 0.15) is 5.52 Å². The predicted octanol–water partition coefficient (Wildman–Crippen LogP) is 2.53. The van der Waals surface area contributed by atoms with Crippen molar-refractivity contribution < 1.29 is 0 Å². The molecule has 1 aliphatic rings. The van der Waals surface area contributed by atoms with Crippen LogP contribution in [-0.2, 0) is 0 Å². The highest BCUT2D eigenvalue weighted by atomic mass is 79.9. The van der Waals surface area contributed by atoms with Gasteiger partial charge in [-0.1, -0.05) is 0 Å². The lowest BCUT2D eigenvalue weighted by Crippen LogP contribution is -1.92. The molecular formula is C9H8BrN3. The molecule has 1 aliphatic carbocycles. The first-order valence-corrected chi connectivity index (χ1v) is 5.12. The Balaban J connectivity index is 2.26. The van der Waals surface area contributed by atoms with Crippen LogP contribution in [-0.4, -0.2) is 14.5 Å². The number of nitrogens with zero attached hydrogens (tertiary/aromatic N) is 3. The quantitative estimate of drug-likeness (QED) is 0.764. The van der Waals surface area contributed by atoms with E-state index >= 15 is 0 Å². The van der Waals surface area contributed by atoms with E-state index in [4.69, 9.17) is 0 Å². The third-order valence-electron chi connectivity index (χ3n) is 2.32. The van der Waals surface area contributed by atoms with E-state index in [-0.39, 0.29) is 0 Å². The molecule has 66 valence electrons. The van der Waals surface area contributed by atoms with Crippen LogP contribution in [0.3, 0.4) is 0 Å². The summed E-state index contributed by atoms with van der Waals surface area (Å²) in [4.78, 5) is 8.67. The van der Waals surface area contributed by atoms with Crippen molar-refractivity contribution in [3.63, 3.8) is 0 Å². The number of pyridine rings is 1. The Morgan fingerprint density at radius 3 is 3.00 bits per heavy atom. The monoisotopic (exact) mass is 237 g/mol. The Kier molecular flexibility index (Phi) is 1.47. The fraction of sp³-hybridized carbons (Fsp3) is 0.333. The van der Waals surface area contributed by atoms with E-state index in [9.17, 15) is 0 Å². The summed E-state index contributed by atoms with van der Waals surface area (Å²) in [6, 6.07) is 2.65. The molecule has 2 heterocycles. The van der Waals surface area contributed by atoms with E-state index in [0.29, 0.717) is 6.04 Å². The van der Waals surface area contributed by atoms with Crippen molar-refractivity contribution in [1.29, 1.82) is 0 Å². The van der Waals surface area contributed by atoms with Crippen LogP contribution < -0.4 is 0 Å². The number of hydrogen-bond donors (Lipinski definition) is 0. The van der Waals surface area contributed by atoms with E-state index in [0.717, 1.165) is 15.6 Å². The van der Waals surface area contributed by atoms with Crippen molar-refractivity contribution in [1.82, 2.24) is 14.5 Å². The number of aromatic nitrogens is 3. The Bertz CT molecular complexity index is 459. The second-order valence-electron chi connectivity index (χ2n) is 3.38. The molecular weight excluding hydrogens is 230 g/mol. The Labute approximate surface area is 83.9 Å². The van der Waals surface area contributed by atoms with Gasteiger partial charge in [0, 0.05) is 16.7 Å². The van der Waals surface area contributed by atoms with Crippen molar-refractivity contribution in [2.75, 3.05) is 0 Å². The average molecular weight is 238 g/mol. The first kappa shape index (κ1) is 7.50. The van der Waals surface area contributed by atoms with Gasteiger partial charge >= 0.3 is 0 Å². The fourth-order valence-corrected chi connectivity index (χ4v) is 1.83. The lowest BCUT2D eigenvalue weighted by atomic mass is 10.4. The lowest BCUT2D eigenvalue weighted by molar-refractivity contribution is 0.757. The molecule has 0 spiro atoms. The van der Waals surface area contributed by atoms with Gasteiger partial charge in [-0.25, -0.2) is 9.97 Å². The van der Waals surface area contributed by atoms with Crippen molar-refractivity contribution in [3.05, 3.63) is 23.1 Å². The van der Waals surface area contributed by atoms with Crippen LogP contribution in [0.4, 0.5) is 0 Å². The van der Waals surface area contributed by atoms with Gasteiger partial charge in [0.15, 0.2) is 5.65 Å². The molecule has 0 N–H and O–H groups in total. The van der Waals surface area contributed by atoms with Crippen LogP contribution in [0.15, 0.2) is 23.1 Å². The van der Waals surface area contributed by atoms with E-state index in [2.05, 4.69) is 30.5 Å². The Morgan fingerprint density at radius 2 is 2.23 bits per heavy atom. The van der Waals surface area contributed by atoms with Crippen LogP contribution in [0.1, 0.15) is 18.9 Å². The van der Waals surface area contributed by atoms with Gasteiger partial charge < -0.3 is 4.57 Å². The first-order valence-electron chi connectivity index (χ1n) is 4.33. The van der Waals surface area contributed by atoms with Gasteiger partial charge in [0.25, 0.3) is 0 Å². The highest BCUT2D eigenvalue weighted by molar-refractivity contribution is 9.10. The number of hydrogen-bond acceptors (Lipinski definition) is 2. The smallest absolute Gasteiger partial charge is 0.160 e. The van der Waals surface area contributed by atoms with Crippen molar-refractivity contribution in [2.24, 2.45) is 0 Å². The van der Waals surface area contributed by atoms with Gasteiger partial charge in [0.05, 0.1) is 6.33 Å². The van der Waals surface area contributed by atoms with Crippen LogP contribution in [0.25, 0.3) is 11.2 Å². The lowest BCUT2D eigenvalue weighted by Gasteiger charge is -1.98. The van der Waals surface area contributed by atoms with Gasteiger partial charge in [-0.05, 0) is 34.8 Å². The van der Waals surface area contributed by atoms with Crippen LogP contribution in [0, 0.1) is 0 Å². The molecule has 13 heavy (non-hydrogen) atoms. The van der Waals surface area contributed by atoms with Crippen LogP contribution in [0.5, 0.6) is 0 Å². The van der Waals surface area contributed by atoms with Crippen molar-refractivity contribution in [3.8, 4) is 0 Å². The molecule has 4 heteroatoms. The molecule has 3 nitrogen and oxygen atoms in total. The predicted molar refractivity (Wildman–Crippen MR) is 53.5 cm³/mol. The summed E-state index contributed by atoms with van der Waals surface area (Å²) in [5, 5.41) is 0. The molecule has 1 fully saturated rings. The van der Waals surface area contributed by atoms with Gasteiger partial charge in [-0.2, -0.15) is 0 Å². The fourth-order valence-electron chi connectivity index (χ4n) is 1.51. The molecule has 0 saturated heterocycles. The summed E-state index contributed by atoms with van der Waals surface area (Å²) in [7, 11) is 0. The minimum atomic E-state index is 0.652. The normalized spacial score (nSPS) is 16.7. The van der Waals surface area contributed by atoms with E-state index < -0.39 is 0 Å². The molecule has 0 radical (unpaired) electrons. The maximum absolute atomic E-state index is 4.36. The number of halogens is 1. The van der Waals surface area contributed by atoms with E-state index in [1.54, 1.807) is 0 Å². The molecule has 3 rings (SSSR count). The Hall–Kier alpha value is -0.900. The standard InChI is InChI=1S/C9H8BrN3/c10-6-3-8-9(11-4-6)13(5-12-8)7-1-2-7/h3-5,7H,1-2H2. The Morgan fingerprint density at radius 1 is 1.38 bits per heavy atom. The van der Waals surface area contributed by atoms with Crippen LogP contribution in [0.2, 0.25) is 0 Å². The first-order chi connectivity index (χ1) is 6.34. The topological polar surface area (TPSA) is 30.7 Å². The molecule has 0 bridgehead atoms. The number of imidazole rings is 1. The summed E-state index contributed by atoms with van der Waals surface area (Å²) in [5.41, 5.74) is 1.98. The molecule has 0 unspecified atom stereocenters. The third kappa shape index (κ3) is 1.16. The molecule has 0 amide bonds. The summed E-state index contributed by atoms with van der Waals surface area (Å²) < 4.78 is 3.16. The van der Waals surface area contributed by atoms with Crippen molar-refractivity contribution in [2.45, 2.75) is 18.9 Å². The molecule has 1 saturated carbocycles. The zero-order valence-corrected chi connectivity index (χ0v) is 8.53. The minimum Gasteiger partial charge on any atom is -0.312 e. The third-order valence-corrected chi connectivity index (χ3v) is 2.75. The highest BCUT2D eigenvalue weighted by Gasteiger charge is 2.25. The summed E-state index contributed by atoms with van der Waals surface area (Å²) >= 11 is 3.38. The van der Waals surface area contributed by atoms with Crippen LogP contribution >= 0.6 is 15.9 Å². The molecule has 0 aliphatic heterocycles. The zero-order valence-electron chi connectivity index (χ0n) is 6.94. The van der Waals surface area contributed by atoms with Gasteiger partial charge in [0.2, 0.25) is 0 Å². The second-order valence-corrected chi connectivity index (χ2v) is 4.29. The maximum Gasteiger partial charge on any atom is 0.160 e. The largest absolute Gasteiger partial charge is 0.312 e. The molecule has 0 aromatic carbocycles. The SMILES string of the molecule is Brc1cnc2c(c1)ncn2C1CC1. The van der Waals surface area contributed by atoms with E-state index in [1.807, 2.05) is 18.6 Å². The number of rotatable bonds is 1.